The number of nitrogens with two attached hydrogens (primary N) is 1. The molecule has 0 aliphatic rings. The van der Waals surface area contributed by atoms with Gasteiger partial charge >= 0.3 is 0 Å². The lowest BCUT2D eigenvalue weighted by Gasteiger charge is -2.19. The third kappa shape index (κ3) is 34.7. The molecule has 10 heteroatoms. The topological polar surface area (TPSA) is 129 Å². The van der Waals surface area contributed by atoms with E-state index in [1.54, 1.807) is 7.11 Å². The van der Waals surface area contributed by atoms with Crippen LogP contribution in [-0.2, 0) is 38.0 Å². The molecule has 0 radical (unpaired) electrons. The van der Waals surface area contributed by atoms with E-state index in [0.717, 1.165) is 73.7 Å². The van der Waals surface area contributed by atoms with E-state index in [2.05, 4.69) is 91.3 Å². The monoisotopic (exact) mass is 936 g/mol. The van der Waals surface area contributed by atoms with Gasteiger partial charge in [-0.25, -0.2) is 0 Å². The maximum Gasteiger partial charge on any atom is 0.250 e. The first kappa shape index (κ1) is 64.6. The van der Waals surface area contributed by atoms with Crippen molar-refractivity contribution < 1.29 is 28.3 Å². The highest BCUT2D eigenvalue weighted by Crippen LogP contribution is 2.24. The molecule has 66 heavy (non-hydrogen) atoms. The van der Waals surface area contributed by atoms with Crippen molar-refractivity contribution in [3.63, 3.8) is 0 Å². The predicted octanol–water partition coefficient (Wildman–Crippen LogP) is 13.3. The lowest BCUT2D eigenvalue weighted by molar-refractivity contribution is -0.120. The summed E-state index contributed by atoms with van der Waals surface area (Å²) in [5, 5.41) is 5.72. The minimum Gasteiger partial charge on any atom is -0.420 e. The molecule has 0 aromatic heterocycles. The number of aryl methyl sites for hydroxylation is 3. The summed E-state index contributed by atoms with van der Waals surface area (Å²) in [7, 11) is 2.58. The van der Waals surface area contributed by atoms with Crippen molar-refractivity contribution in [1.82, 2.24) is 5.32 Å². The zero-order valence-electron chi connectivity index (χ0n) is 44.3. The van der Waals surface area contributed by atoms with E-state index in [-0.39, 0.29) is 18.3 Å². The number of ketones is 2. The van der Waals surface area contributed by atoms with Gasteiger partial charge in [0.15, 0.2) is 19.9 Å². The van der Waals surface area contributed by atoms with Crippen LogP contribution in [0.1, 0.15) is 164 Å². The number of amides is 1. The van der Waals surface area contributed by atoms with Gasteiger partial charge in [-0.1, -0.05) is 149 Å². The Balaban J connectivity index is 0. The Hall–Kier alpha value is -3.51. The van der Waals surface area contributed by atoms with Crippen molar-refractivity contribution in [2.45, 2.75) is 165 Å². The molecule has 0 bridgehead atoms. The molecule has 0 fully saturated rings. The van der Waals surface area contributed by atoms with Crippen molar-refractivity contribution in [3.8, 4) is 0 Å². The van der Waals surface area contributed by atoms with Crippen LogP contribution in [-0.4, -0.2) is 79.5 Å². The first-order valence-corrected chi connectivity index (χ1v) is 28.5. The van der Waals surface area contributed by atoms with Crippen LogP contribution in [0.15, 0.2) is 72.8 Å². The molecule has 3 aromatic rings. The molecule has 2 unspecified atom stereocenters. The number of Topliss-reactive ketones (excluding diaryl/α,β-unsaturated/α-hetero) is 2. The second kappa shape index (κ2) is 42.8. The molecule has 2 atom stereocenters. The third-order valence-corrected chi connectivity index (χ3v) is 14.2. The number of ether oxygens (including phenoxy) is 2. The number of nitrogens with one attached hydrogen (secondary N) is 2. The van der Waals surface area contributed by atoms with Crippen molar-refractivity contribution in [2.24, 2.45) is 17.6 Å². The van der Waals surface area contributed by atoms with Crippen LogP contribution in [0, 0.1) is 11.8 Å². The van der Waals surface area contributed by atoms with E-state index in [1.807, 2.05) is 74.6 Å². The maximum atomic E-state index is 12.2. The zero-order valence-corrected chi connectivity index (χ0v) is 45.3. The summed E-state index contributed by atoms with van der Waals surface area (Å²) in [5.41, 5.74) is 11.6. The molecule has 3 rings (SSSR count). The molecule has 9 nitrogen and oxygen atoms in total. The highest BCUT2D eigenvalue weighted by molar-refractivity contribution is 6.71. The van der Waals surface area contributed by atoms with Crippen molar-refractivity contribution in [2.75, 3.05) is 59.0 Å². The minimum absolute atomic E-state index is 0.0994. The molecule has 0 aliphatic carbocycles. The van der Waals surface area contributed by atoms with Crippen LogP contribution in [0.25, 0.3) is 0 Å². The fourth-order valence-corrected chi connectivity index (χ4v) is 6.64. The molecule has 0 saturated heterocycles. The highest BCUT2D eigenvalue weighted by atomic mass is 28.4. The van der Waals surface area contributed by atoms with Crippen LogP contribution in [0.4, 0.5) is 5.69 Å². The van der Waals surface area contributed by atoms with Gasteiger partial charge in [-0.05, 0) is 118 Å². The van der Waals surface area contributed by atoms with Crippen LogP contribution in [0.2, 0.25) is 19.1 Å². The average molecular weight is 936 g/mol. The van der Waals surface area contributed by atoms with E-state index >= 15 is 0 Å². The summed E-state index contributed by atoms with van der Waals surface area (Å²) in [6.45, 7) is 27.5. The molecule has 0 spiro atoms. The molecular formula is C56H97N3O6Si. The van der Waals surface area contributed by atoms with Gasteiger partial charge in [0, 0.05) is 56.5 Å². The Morgan fingerprint density at radius 3 is 1.52 bits per heavy atom. The summed E-state index contributed by atoms with van der Waals surface area (Å²) < 4.78 is 15.6. The van der Waals surface area contributed by atoms with Crippen LogP contribution >= 0.6 is 0 Å². The van der Waals surface area contributed by atoms with Crippen LogP contribution in [0.3, 0.4) is 0 Å². The second-order valence-electron chi connectivity index (χ2n) is 17.4. The van der Waals surface area contributed by atoms with E-state index in [1.165, 1.54) is 54.8 Å². The summed E-state index contributed by atoms with van der Waals surface area (Å²) in [6, 6.07) is 25.0. The van der Waals surface area contributed by atoms with Gasteiger partial charge in [-0.3, -0.25) is 14.4 Å². The fraction of sp³-hybridized carbons (Fsp3) is 0.625. The summed E-state index contributed by atoms with van der Waals surface area (Å²) in [6.07, 6.45) is 13.4. The Morgan fingerprint density at radius 2 is 1.14 bits per heavy atom. The van der Waals surface area contributed by atoms with E-state index < -0.39 is 8.32 Å². The molecule has 1 amide bonds. The number of anilines is 1. The molecule has 3 aromatic carbocycles. The van der Waals surface area contributed by atoms with Crippen molar-refractivity contribution in [1.29, 1.82) is 0 Å². The normalized spacial score (nSPS) is 11.5. The van der Waals surface area contributed by atoms with Crippen molar-refractivity contribution >= 4 is 31.5 Å². The number of carbonyl (C=O) groups excluding carboxylic acids is 3. The Morgan fingerprint density at radius 1 is 0.652 bits per heavy atom. The number of benzene rings is 3. The van der Waals surface area contributed by atoms with Gasteiger partial charge in [-0.15, -0.1) is 0 Å². The number of hydrogen-bond donors (Lipinski definition) is 3. The Labute approximate surface area is 405 Å². The van der Waals surface area contributed by atoms with E-state index in [0.29, 0.717) is 45.0 Å². The number of rotatable bonds is 28. The lowest BCUT2D eigenvalue weighted by Crippen LogP contribution is -2.26. The summed E-state index contributed by atoms with van der Waals surface area (Å²) in [4.78, 5) is 35.4. The van der Waals surface area contributed by atoms with Gasteiger partial charge in [0.25, 0.3) is 0 Å². The molecular weight excluding hydrogens is 839 g/mol. The summed E-state index contributed by atoms with van der Waals surface area (Å²) in [5.74, 6) is 2.00. The summed E-state index contributed by atoms with van der Waals surface area (Å²) >= 11 is 0. The fourth-order valence-electron chi connectivity index (χ4n) is 6.36. The zero-order chi connectivity index (χ0) is 50.0. The lowest BCUT2D eigenvalue weighted by atomic mass is 9.87. The average Bonchev–Trinajstić information content (AvgIpc) is 3.34. The van der Waals surface area contributed by atoms with Gasteiger partial charge in [0.1, 0.15) is 6.61 Å². The smallest absolute Gasteiger partial charge is 0.250 e. The molecule has 4 N–H and O–H groups in total. The minimum atomic E-state index is -1.15. The second-order valence-corrected chi connectivity index (χ2v) is 22.1. The van der Waals surface area contributed by atoms with Crippen LogP contribution < -0.4 is 16.4 Å². The molecule has 0 aliphatic heterocycles. The van der Waals surface area contributed by atoms with Gasteiger partial charge in [0.05, 0.1) is 6.61 Å². The Kier molecular flexibility index (Phi) is 41.9. The van der Waals surface area contributed by atoms with Crippen molar-refractivity contribution in [3.05, 3.63) is 101 Å². The maximum absolute atomic E-state index is 12.2. The first-order chi connectivity index (χ1) is 31.7. The molecule has 0 saturated carbocycles. The highest BCUT2D eigenvalue weighted by Gasteiger charge is 2.16. The SMILES string of the molecule is CCCC(C)CC(CC)CCCC(=O)c1ccc(CC)cc1.CCCOCC(=O)Nc1ccc(CC)cc1.CCNC.CC[Si](C)(C)OC.CCc1ccc(C(=O)CCCOCCN)cc1. The van der Waals surface area contributed by atoms with Gasteiger partial charge < -0.3 is 30.3 Å². The van der Waals surface area contributed by atoms with Crippen LogP contribution in [0.5, 0.6) is 0 Å². The number of carbonyl (C=O) groups is 3. The van der Waals surface area contributed by atoms with Gasteiger partial charge in [0.2, 0.25) is 5.91 Å². The van der Waals surface area contributed by atoms with Gasteiger partial charge in [-0.2, -0.15) is 0 Å². The quantitative estimate of drug-likeness (QED) is 0.0373. The first-order valence-electron chi connectivity index (χ1n) is 25.4. The molecule has 376 valence electrons. The molecule has 0 heterocycles. The standard InChI is InChI=1S/C21H34O.C14H21NO2.C13H19NO2.C5H14OSi.C3H9N/c1-5-9-17(4)16-19(7-3)10-8-11-21(22)20-14-12-18(6-2)13-15-20;1-2-12-5-7-13(8-6-12)14(16)4-3-10-17-11-9-15;1-3-9-16-10-13(15)14-12-7-5-11(4-2)6-8-12;1-5-7(3,4)6-2;1-3-4-2/h12-15,17,19H,5-11,16H2,1-4H3;5-8H,2-4,9-11,15H2,1H3;5-8H,3-4,9-10H2,1-2H3,(H,14,15);5H2,1-4H3;4H,3H2,1-2H3. The predicted molar refractivity (Wildman–Crippen MR) is 286 cm³/mol. The van der Waals surface area contributed by atoms with E-state index in [9.17, 15) is 14.4 Å². The third-order valence-electron chi connectivity index (χ3n) is 11.4. The number of hydrogen-bond acceptors (Lipinski definition) is 8. The largest absolute Gasteiger partial charge is 0.420 e. The Bertz CT molecular complexity index is 1590. The van der Waals surface area contributed by atoms with E-state index in [4.69, 9.17) is 19.6 Å².